The molecule has 0 radical (unpaired) electrons. The van der Waals surface area contributed by atoms with Crippen molar-refractivity contribution in [1.29, 1.82) is 0 Å². The average Bonchev–Trinajstić information content (AvgIpc) is 3.27. The van der Waals surface area contributed by atoms with E-state index in [0.717, 1.165) is 33.5 Å². The molecule has 0 saturated carbocycles. The minimum atomic E-state index is -0.579. The van der Waals surface area contributed by atoms with Gasteiger partial charge in [0.25, 0.3) is 0 Å². The lowest BCUT2D eigenvalue weighted by molar-refractivity contribution is 0.00578. The standard InChI is InChI=1S/C25H25BN2O3/c1-24(2)25(3,4)31-26(30-24)28-23-19(17-27-28)9-8-12-22(23)18-13-15-21(16-14-18)29-20-10-6-5-7-11-20/h5-17H,1-4H3. The molecule has 0 unspecified atom stereocenters. The molecule has 2 heterocycles. The predicted molar refractivity (Wildman–Crippen MR) is 123 cm³/mol. The lowest BCUT2D eigenvalue weighted by Crippen LogP contribution is -2.41. The largest absolute Gasteiger partial charge is 0.616 e. The van der Waals surface area contributed by atoms with Crippen molar-refractivity contribution in [3.05, 3.63) is 79.0 Å². The molecular weight excluding hydrogens is 387 g/mol. The van der Waals surface area contributed by atoms with Crippen molar-refractivity contribution >= 4 is 18.2 Å². The van der Waals surface area contributed by atoms with Crippen LogP contribution in [0.5, 0.6) is 11.5 Å². The molecule has 1 fully saturated rings. The van der Waals surface area contributed by atoms with Crippen LogP contribution < -0.4 is 4.74 Å². The summed E-state index contributed by atoms with van der Waals surface area (Å²) in [4.78, 5) is 0. The van der Waals surface area contributed by atoms with E-state index in [-0.39, 0.29) is 0 Å². The van der Waals surface area contributed by atoms with E-state index in [1.165, 1.54) is 0 Å². The number of rotatable bonds is 4. The fourth-order valence-corrected chi connectivity index (χ4v) is 3.74. The van der Waals surface area contributed by atoms with Crippen LogP contribution in [0, 0.1) is 0 Å². The Morgan fingerprint density at radius 1 is 0.774 bits per heavy atom. The summed E-state index contributed by atoms with van der Waals surface area (Å²) in [5, 5.41) is 5.65. The Morgan fingerprint density at radius 3 is 2.10 bits per heavy atom. The Balaban J connectivity index is 1.50. The lowest BCUT2D eigenvalue weighted by atomic mass is 9.90. The Kier molecular flexibility index (Phi) is 4.65. The average molecular weight is 412 g/mol. The van der Waals surface area contributed by atoms with Gasteiger partial charge in [-0.3, -0.25) is 4.59 Å². The summed E-state index contributed by atoms with van der Waals surface area (Å²) in [5.74, 6) is 1.61. The SMILES string of the molecule is CC1(C)OB(n2ncc3cccc(-c4ccc(Oc5ccccc5)cc4)c32)OC1(C)C. The van der Waals surface area contributed by atoms with Crippen LogP contribution >= 0.6 is 0 Å². The summed E-state index contributed by atoms with van der Waals surface area (Å²) >= 11 is 0. The molecule has 3 aromatic carbocycles. The summed E-state index contributed by atoms with van der Waals surface area (Å²) in [6.45, 7) is 8.19. The molecule has 1 saturated heterocycles. The van der Waals surface area contributed by atoms with E-state index < -0.39 is 18.5 Å². The third kappa shape index (κ3) is 3.52. The molecule has 6 heteroatoms. The number of fused-ring (bicyclic) bond motifs is 1. The Labute approximate surface area is 182 Å². The summed E-state index contributed by atoms with van der Waals surface area (Å²) in [5.41, 5.74) is 2.26. The lowest BCUT2D eigenvalue weighted by Gasteiger charge is -2.32. The number of aromatic nitrogens is 2. The van der Waals surface area contributed by atoms with Crippen molar-refractivity contribution in [1.82, 2.24) is 9.69 Å². The summed E-state index contributed by atoms with van der Waals surface area (Å²) in [7, 11) is -0.579. The maximum Gasteiger partial charge on any atom is 0.616 e. The van der Waals surface area contributed by atoms with Crippen LogP contribution in [0.15, 0.2) is 79.0 Å². The molecule has 31 heavy (non-hydrogen) atoms. The van der Waals surface area contributed by atoms with Crippen LogP contribution in [0.4, 0.5) is 0 Å². The number of benzene rings is 3. The maximum absolute atomic E-state index is 6.25. The maximum atomic E-state index is 6.25. The highest BCUT2D eigenvalue weighted by atomic mass is 16.7. The van der Waals surface area contributed by atoms with Crippen molar-refractivity contribution < 1.29 is 14.0 Å². The van der Waals surface area contributed by atoms with E-state index in [4.69, 9.17) is 14.0 Å². The van der Waals surface area contributed by atoms with Gasteiger partial charge in [-0.15, -0.1) is 0 Å². The minimum Gasteiger partial charge on any atom is -0.457 e. The van der Waals surface area contributed by atoms with Gasteiger partial charge < -0.3 is 14.0 Å². The van der Waals surface area contributed by atoms with Gasteiger partial charge in [-0.1, -0.05) is 48.5 Å². The van der Waals surface area contributed by atoms with Gasteiger partial charge in [0.05, 0.1) is 22.9 Å². The van der Waals surface area contributed by atoms with Crippen LogP contribution in [-0.2, 0) is 9.31 Å². The molecule has 0 spiro atoms. The van der Waals surface area contributed by atoms with Crippen LogP contribution in [0.2, 0.25) is 0 Å². The second-order valence-electron chi connectivity index (χ2n) is 8.84. The topological polar surface area (TPSA) is 45.5 Å². The number of nitrogens with zero attached hydrogens (tertiary/aromatic N) is 2. The molecule has 0 atom stereocenters. The first-order chi connectivity index (χ1) is 14.8. The molecule has 4 aromatic rings. The quantitative estimate of drug-likeness (QED) is 0.390. The number of ether oxygens (including phenoxy) is 1. The number of para-hydroxylation sites is 2. The van der Waals surface area contributed by atoms with E-state index >= 15 is 0 Å². The van der Waals surface area contributed by atoms with Crippen LogP contribution in [-0.4, -0.2) is 28.1 Å². The monoisotopic (exact) mass is 412 g/mol. The van der Waals surface area contributed by atoms with E-state index in [0.29, 0.717) is 0 Å². The summed E-state index contributed by atoms with van der Waals surface area (Å²) < 4.78 is 20.3. The minimum absolute atomic E-state index is 0.429. The fourth-order valence-electron chi connectivity index (χ4n) is 3.74. The molecule has 0 aliphatic carbocycles. The molecular formula is C25H25BN2O3. The molecule has 1 aromatic heterocycles. The van der Waals surface area contributed by atoms with E-state index in [1.54, 1.807) is 0 Å². The molecule has 0 N–H and O–H groups in total. The van der Waals surface area contributed by atoms with Gasteiger partial charge in [0.15, 0.2) is 0 Å². The second-order valence-corrected chi connectivity index (χ2v) is 8.84. The van der Waals surface area contributed by atoms with Gasteiger partial charge in [0, 0.05) is 10.9 Å². The fraction of sp³-hybridized carbons (Fsp3) is 0.240. The van der Waals surface area contributed by atoms with Gasteiger partial charge in [-0.25, -0.2) is 0 Å². The molecule has 5 rings (SSSR count). The first-order valence-electron chi connectivity index (χ1n) is 10.5. The van der Waals surface area contributed by atoms with Gasteiger partial charge in [-0.05, 0) is 57.5 Å². The van der Waals surface area contributed by atoms with Gasteiger partial charge in [0.2, 0.25) is 0 Å². The Morgan fingerprint density at radius 2 is 1.42 bits per heavy atom. The zero-order valence-corrected chi connectivity index (χ0v) is 18.2. The first-order valence-corrected chi connectivity index (χ1v) is 10.5. The normalized spacial score (nSPS) is 17.2. The van der Waals surface area contributed by atoms with Gasteiger partial charge in [-0.2, -0.15) is 5.10 Å². The molecule has 1 aliphatic rings. The summed E-state index contributed by atoms with van der Waals surface area (Å²) in [6.07, 6.45) is 1.86. The Bertz CT molecular complexity index is 1200. The first kappa shape index (κ1) is 19.9. The summed E-state index contributed by atoms with van der Waals surface area (Å²) in [6, 6.07) is 24.1. The number of hydrogen-bond donors (Lipinski definition) is 0. The zero-order valence-electron chi connectivity index (χ0n) is 18.2. The highest BCUT2D eigenvalue weighted by molar-refractivity contribution is 6.45. The second kappa shape index (κ2) is 7.25. The van der Waals surface area contributed by atoms with Crippen LogP contribution in [0.3, 0.4) is 0 Å². The Hall–Kier alpha value is -3.09. The molecule has 156 valence electrons. The highest BCUT2D eigenvalue weighted by Gasteiger charge is 2.53. The highest BCUT2D eigenvalue weighted by Crippen LogP contribution is 2.39. The van der Waals surface area contributed by atoms with Gasteiger partial charge in [0.1, 0.15) is 11.5 Å². The van der Waals surface area contributed by atoms with E-state index in [9.17, 15) is 0 Å². The molecule has 0 amide bonds. The molecule has 0 bridgehead atoms. The van der Waals surface area contributed by atoms with Crippen molar-refractivity contribution in [2.75, 3.05) is 0 Å². The van der Waals surface area contributed by atoms with E-state index in [1.807, 2.05) is 87.0 Å². The van der Waals surface area contributed by atoms with Crippen molar-refractivity contribution in [3.63, 3.8) is 0 Å². The van der Waals surface area contributed by atoms with Crippen LogP contribution in [0.1, 0.15) is 27.7 Å². The van der Waals surface area contributed by atoms with Gasteiger partial charge >= 0.3 is 7.25 Å². The third-order valence-electron chi connectivity index (χ3n) is 6.20. The molecule has 5 nitrogen and oxygen atoms in total. The predicted octanol–water partition coefficient (Wildman–Crippen LogP) is 5.93. The zero-order chi connectivity index (χ0) is 21.6. The smallest absolute Gasteiger partial charge is 0.457 e. The number of hydrogen-bond acceptors (Lipinski definition) is 4. The van der Waals surface area contributed by atoms with Crippen LogP contribution in [0.25, 0.3) is 22.0 Å². The van der Waals surface area contributed by atoms with Crippen molar-refractivity contribution in [2.45, 2.75) is 38.9 Å². The van der Waals surface area contributed by atoms with Crippen molar-refractivity contribution in [3.8, 4) is 22.6 Å². The molecule has 1 aliphatic heterocycles. The van der Waals surface area contributed by atoms with Crippen molar-refractivity contribution in [2.24, 2.45) is 0 Å². The third-order valence-corrected chi connectivity index (χ3v) is 6.20. The van der Waals surface area contributed by atoms with E-state index in [2.05, 4.69) is 29.4 Å².